The molecule has 1 fully saturated rings. The molecule has 20 heavy (non-hydrogen) atoms. The van der Waals surface area contributed by atoms with Crippen LogP contribution in [0.2, 0.25) is 0 Å². The second-order valence-corrected chi connectivity index (χ2v) is 5.91. The number of nitrogens with zero attached hydrogens (tertiary/aromatic N) is 3. The van der Waals surface area contributed by atoms with Gasteiger partial charge in [0.2, 0.25) is 0 Å². The molecule has 1 N–H and O–H groups in total. The Morgan fingerprint density at radius 1 is 1.55 bits per heavy atom. The van der Waals surface area contributed by atoms with Gasteiger partial charge in [-0.05, 0) is 30.9 Å². The molecule has 7 heteroatoms. The van der Waals surface area contributed by atoms with Crippen LogP contribution in [-0.4, -0.2) is 34.7 Å². The van der Waals surface area contributed by atoms with Gasteiger partial charge >= 0.3 is 5.69 Å². The first kappa shape index (κ1) is 13.3. The van der Waals surface area contributed by atoms with Crippen LogP contribution in [0.15, 0.2) is 17.6 Å². The van der Waals surface area contributed by atoms with Crippen molar-refractivity contribution >= 4 is 32.9 Å². The maximum atomic E-state index is 11.4. The number of aliphatic hydroxyl groups is 1. The van der Waals surface area contributed by atoms with Crippen molar-refractivity contribution in [2.24, 2.45) is 5.92 Å². The van der Waals surface area contributed by atoms with Crippen LogP contribution in [-0.2, 0) is 0 Å². The number of aliphatic hydroxyl groups excluding tert-OH is 1. The third-order valence-electron chi connectivity index (χ3n) is 3.75. The van der Waals surface area contributed by atoms with E-state index < -0.39 is 0 Å². The van der Waals surface area contributed by atoms with Crippen LogP contribution in [0.25, 0.3) is 10.2 Å². The van der Waals surface area contributed by atoms with Gasteiger partial charge in [-0.2, -0.15) is 0 Å². The van der Waals surface area contributed by atoms with Gasteiger partial charge in [-0.3, -0.25) is 10.1 Å². The van der Waals surface area contributed by atoms with Gasteiger partial charge in [-0.1, -0.05) is 0 Å². The number of piperidine rings is 1. The predicted molar refractivity (Wildman–Crippen MR) is 78.3 cm³/mol. The Kier molecular flexibility index (Phi) is 3.54. The van der Waals surface area contributed by atoms with Crippen molar-refractivity contribution in [3.05, 3.63) is 27.8 Å². The number of fused-ring (bicyclic) bond motifs is 1. The molecule has 0 saturated carbocycles. The number of hydrogen-bond acceptors (Lipinski definition) is 6. The lowest BCUT2D eigenvalue weighted by molar-refractivity contribution is -0.382. The molecule has 0 amide bonds. The minimum atomic E-state index is -0.347. The Morgan fingerprint density at radius 3 is 3.15 bits per heavy atom. The summed E-state index contributed by atoms with van der Waals surface area (Å²) in [5, 5.41) is 20.7. The highest BCUT2D eigenvalue weighted by Gasteiger charge is 2.28. The van der Waals surface area contributed by atoms with Gasteiger partial charge < -0.3 is 10.0 Å². The van der Waals surface area contributed by atoms with Gasteiger partial charge in [-0.15, -0.1) is 11.3 Å². The Bertz CT molecular complexity index is 643. The number of hydrogen-bond donors (Lipinski definition) is 1. The van der Waals surface area contributed by atoms with E-state index in [1.165, 1.54) is 11.3 Å². The summed E-state index contributed by atoms with van der Waals surface area (Å²) in [6.45, 7) is 1.57. The van der Waals surface area contributed by atoms with Gasteiger partial charge in [0.05, 0.1) is 15.1 Å². The van der Waals surface area contributed by atoms with Crippen LogP contribution in [0, 0.1) is 16.0 Å². The lowest BCUT2D eigenvalue weighted by Crippen LogP contribution is -2.37. The summed E-state index contributed by atoms with van der Waals surface area (Å²) in [6.07, 6.45) is 1.91. The fourth-order valence-electron chi connectivity index (χ4n) is 2.77. The molecule has 1 aliphatic heterocycles. The van der Waals surface area contributed by atoms with Crippen LogP contribution < -0.4 is 4.90 Å². The minimum absolute atomic E-state index is 0.0855. The first-order valence-electron chi connectivity index (χ1n) is 6.57. The molecule has 1 unspecified atom stereocenters. The lowest BCUT2D eigenvalue weighted by atomic mass is 9.98. The highest BCUT2D eigenvalue weighted by atomic mass is 32.1. The van der Waals surface area contributed by atoms with Gasteiger partial charge in [0.15, 0.2) is 5.52 Å². The van der Waals surface area contributed by atoms with Gasteiger partial charge in [0.1, 0.15) is 5.69 Å². The molecule has 6 nitrogen and oxygen atoms in total. The van der Waals surface area contributed by atoms with Crippen molar-refractivity contribution in [1.29, 1.82) is 0 Å². The van der Waals surface area contributed by atoms with E-state index in [1.807, 2.05) is 11.0 Å². The Morgan fingerprint density at radius 2 is 2.40 bits per heavy atom. The van der Waals surface area contributed by atoms with Crippen LogP contribution in [0.3, 0.4) is 0 Å². The highest BCUT2D eigenvalue weighted by Crippen LogP contribution is 2.38. The maximum absolute atomic E-state index is 11.4. The minimum Gasteiger partial charge on any atom is -0.396 e. The fourth-order valence-corrected chi connectivity index (χ4v) is 3.45. The second-order valence-electron chi connectivity index (χ2n) is 5.03. The zero-order valence-corrected chi connectivity index (χ0v) is 11.7. The van der Waals surface area contributed by atoms with Crippen LogP contribution in [0.1, 0.15) is 12.8 Å². The molecule has 0 aliphatic carbocycles. The quantitative estimate of drug-likeness (QED) is 0.694. The molecule has 3 rings (SSSR count). The largest absolute Gasteiger partial charge is 0.396 e. The van der Waals surface area contributed by atoms with E-state index >= 15 is 0 Å². The summed E-state index contributed by atoms with van der Waals surface area (Å²) < 4.78 is 0.830. The number of aromatic nitrogens is 1. The normalized spacial score (nSPS) is 19.4. The van der Waals surface area contributed by atoms with E-state index in [4.69, 9.17) is 0 Å². The molecular weight excluding hydrogens is 278 g/mol. The van der Waals surface area contributed by atoms with E-state index in [1.54, 1.807) is 11.6 Å². The Hall–Kier alpha value is -1.73. The zero-order chi connectivity index (χ0) is 14.1. The van der Waals surface area contributed by atoms with E-state index in [-0.39, 0.29) is 23.1 Å². The summed E-state index contributed by atoms with van der Waals surface area (Å²) in [4.78, 5) is 17.2. The first-order valence-corrected chi connectivity index (χ1v) is 7.45. The molecular formula is C13H15N3O3S. The van der Waals surface area contributed by atoms with Crippen molar-refractivity contribution in [2.75, 3.05) is 24.6 Å². The molecule has 1 aromatic heterocycles. The average Bonchev–Trinajstić information content (AvgIpc) is 2.94. The van der Waals surface area contributed by atoms with Crippen molar-refractivity contribution in [3.63, 3.8) is 0 Å². The summed E-state index contributed by atoms with van der Waals surface area (Å²) >= 11 is 1.41. The maximum Gasteiger partial charge on any atom is 0.319 e. The monoisotopic (exact) mass is 293 g/mol. The van der Waals surface area contributed by atoms with Crippen LogP contribution in [0.4, 0.5) is 11.4 Å². The highest BCUT2D eigenvalue weighted by molar-refractivity contribution is 7.16. The molecule has 1 aliphatic rings. The molecule has 1 atom stereocenters. The summed E-state index contributed by atoms with van der Waals surface area (Å²) in [5.41, 5.74) is 2.80. The number of nitro benzene ring substituents is 1. The van der Waals surface area contributed by atoms with Crippen LogP contribution in [0.5, 0.6) is 0 Å². The SMILES string of the molecule is O=[N+]([O-])c1c(N2CCCC(CO)C2)ccc2scnc12. The molecule has 0 bridgehead atoms. The molecule has 2 aromatic rings. The van der Waals surface area contributed by atoms with E-state index in [9.17, 15) is 15.2 Å². The molecule has 106 valence electrons. The third kappa shape index (κ3) is 2.23. The van der Waals surface area contributed by atoms with Crippen molar-refractivity contribution in [3.8, 4) is 0 Å². The summed E-state index contributed by atoms with van der Waals surface area (Å²) in [7, 11) is 0. The van der Waals surface area contributed by atoms with Gasteiger partial charge in [0.25, 0.3) is 0 Å². The smallest absolute Gasteiger partial charge is 0.319 e. The van der Waals surface area contributed by atoms with Gasteiger partial charge in [-0.25, -0.2) is 4.98 Å². The van der Waals surface area contributed by atoms with Gasteiger partial charge in [0, 0.05) is 19.7 Å². The Labute approximate surface area is 119 Å². The van der Waals surface area contributed by atoms with Crippen molar-refractivity contribution in [2.45, 2.75) is 12.8 Å². The summed E-state index contributed by atoms with van der Waals surface area (Å²) in [5.74, 6) is 0.189. The van der Waals surface area contributed by atoms with Crippen molar-refractivity contribution < 1.29 is 10.0 Å². The molecule has 0 spiro atoms. The number of anilines is 1. The molecule has 2 heterocycles. The number of thiazole rings is 1. The van der Waals surface area contributed by atoms with E-state index in [0.29, 0.717) is 17.7 Å². The second kappa shape index (κ2) is 5.34. The number of benzene rings is 1. The molecule has 1 aromatic carbocycles. The fraction of sp³-hybridized carbons (Fsp3) is 0.462. The first-order chi connectivity index (χ1) is 9.70. The van der Waals surface area contributed by atoms with E-state index in [0.717, 1.165) is 24.1 Å². The standard InChI is InChI=1S/C13H15N3O3S/c17-7-9-2-1-5-15(6-9)10-3-4-11-12(14-8-20-11)13(10)16(18)19/h3-4,8-9,17H,1-2,5-7H2. The lowest BCUT2D eigenvalue weighted by Gasteiger charge is -2.33. The van der Waals surface area contributed by atoms with Crippen molar-refractivity contribution in [1.82, 2.24) is 4.98 Å². The van der Waals surface area contributed by atoms with Crippen LogP contribution >= 0.6 is 11.3 Å². The van der Waals surface area contributed by atoms with E-state index in [2.05, 4.69) is 4.98 Å². The third-order valence-corrected chi connectivity index (χ3v) is 4.55. The Balaban J connectivity index is 2.06. The molecule has 0 radical (unpaired) electrons. The number of nitro groups is 1. The molecule has 1 saturated heterocycles. The average molecular weight is 293 g/mol. The predicted octanol–water partition coefficient (Wildman–Crippen LogP) is 2.41. The zero-order valence-electron chi connectivity index (χ0n) is 10.9. The summed E-state index contributed by atoms with van der Waals surface area (Å²) in [6, 6.07) is 3.69. The topological polar surface area (TPSA) is 79.5 Å². The number of rotatable bonds is 3.